The number of carbonyl (C=O) groups is 2. The highest BCUT2D eigenvalue weighted by Gasteiger charge is 2.17. The summed E-state index contributed by atoms with van der Waals surface area (Å²) in [7, 11) is 0. The second-order valence-corrected chi connectivity index (χ2v) is 6.91. The molecule has 0 fully saturated rings. The highest BCUT2D eigenvalue weighted by molar-refractivity contribution is 5.78. The van der Waals surface area contributed by atoms with Gasteiger partial charge in [-0.25, -0.2) is 0 Å². The van der Waals surface area contributed by atoms with Crippen LogP contribution in [0.4, 0.5) is 0 Å². The molecule has 0 radical (unpaired) electrons. The third-order valence-corrected chi connectivity index (χ3v) is 4.43. The zero-order chi connectivity index (χ0) is 20.5. The number of ether oxygens (including phenoxy) is 2. The zero-order valence-electron chi connectivity index (χ0n) is 17.2. The van der Waals surface area contributed by atoms with Gasteiger partial charge in [-0.2, -0.15) is 0 Å². The van der Waals surface area contributed by atoms with E-state index in [0.29, 0.717) is 25.4 Å². The quantitative estimate of drug-likeness (QED) is 0.615. The maximum Gasteiger partial charge on any atom is 0.307 e. The molecular weight excluding hydrogens is 354 g/mol. The van der Waals surface area contributed by atoms with Crippen LogP contribution in [-0.2, 0) is 20.9 Å². The second kappa shape index (κ2) is 10.5. The first-order chi connectivity index (χ1) is 13.4. The van der Waals surface area contributed by atoms with Gasteiger partial charge in [0.15, 0.2) is 6.61 Å². The van der Waals surface area contributed by atoms with E-state index in [1.165, 1.54) is 0 Å². The van der Waals surface area contributed by atoms with Crippen molar-refractivity contribution in [1.82, 2.24) is 4.90 Å². The first-order valence-electron chi connectivity index (χ1n) is 9.58. The smallest absolute Gasteiger partial charge is 0.307 e. The molecule has 0 atom stereocenters. The SMILES string of the molecule is CCOC(=O)CCN(Cc1ccc(C)cc1)C(=O)COc1cc(C)ccc1C. The van der Waals surface area contributed by atoms with E-state index in [1.54, 1.807) is 11.8 Å². The van der Waals surface area contributed by atoms with Crippen molar-refractivity contribution in [3.05, 3.63) is 64.7 Å². The molecule has 5 heteroatoms. The van der Waals surface area contributed by atoms with Gasteiger partial charge in [0, 0.05) is 13.1 Å². The van der Waals surface area contributed by atoms with Gasteiger partial charge in [0.2, 0.25) is 0 Å². The van der Waals surface area contributed by atoms with Gasteiger partial charge < -0.3 is 14.4 Å². The Bertz CT molecular complexity index is 799. The molecule has 0 saturated carbocycles. The zero-order valence-corrected chi connectivity index (χ0v) is 17.2. The van der Waals surface area contributed by atoms with Gasteiger partial charge >= 0.3 is 5.97 Å². The van der Waals surface area contributed by atoms with E-state index in [4.69, 9.17) is 9.47 Å². The molecule has 0 aliphatic heterocycles. The van der Waals surface area contributed by atoms with Crippen molar-refractivity contribution in [2.45, 2.75) is 40.7 Å². The molecule has 0 saturated heterocycles. The lowest BCUT2D eigenvalue weighted by atomic mass is 10.1. The fraction of sp³-hybridized carbons (Fsp3) is 0.391. The van der Waals surface area contributed by atoms with Gasteiger partial charge in [0.1, 0.15) is 5.75 Å². The summed E-state index contributed by atoms with van der Waals surface area (Å²) in [6.07, 6.45) is 0.162. The summed E-state index contributed by atoms with van der Waals surface area (Å²) in [6.45, 7) is 8.70. The van der Waals surface area contributed by atoms with E-state index in [9.17, 15) is 9.59 Å². The van der Waals surface area contributed by atoms with Crippen molar-refractivity contribution >= 4 is 11.9 Å². The summed E-state index contributed by atoms with van der Waals surface area (Å²) < 4.78 is 10.8. The molecule has 28 heavy (non-hydrogen) atoms. The van der Waals surface area contributed by atoms with Crippen molar-refractivity contribution < 1.29 is 19.1 Å². The molecule has 0 bridgehead atoms. The topological polar surface area (TPSA) is 55.8 Å². The van der Waals surface area contributed by atoms with Crippen molar-refractivity contribution in [3.63, 3.8) is 0 Å². The van der Waals surface area contributed by atoms with Gasteiger partial charge in [-0.1, -0.05) is 42.0 Å². The van der Waals surface area contributed by atoms with E-state index in [2.05, 4.69) is 0 Å². The van der Waals surface area contributed by atoms with Crippen LogP contribution in [0.3, 0.4) is 0 Å². The monoisotopic (exact) mass is 383 g/mol. The lowest BCUT2D eigenvalue weighted by Gasteiger charge is -2.23. The molecule has 2 rings (SSSR count). The largest absolute Gasteiger partial charge is 0.483 e. The average Bonchev–Trinajstić information content (AvgIpc) is 2.67. The number of amides is 1. The average molecular weight is 383 g/mol. The molecule has 150 valence electrons. The number of hydrogen-bond acceptors (Lipinski definition) is 4. The van der Waals surface area contributed by atoms with Crippen molar-refractivity contribution in [3.8, 4) is 5.75 Å². The standard InChI is InChI=1S/C23H29NO4/c1-5-27-23(26)12-13-24(15-20-10-7-17(2)8-11-20)22(25)16-28-21-14-18(3)6-9-19(21)4/h6-11,14H,5,12-13,15-16H2,1-4H3. The summed E-state index contributed by atoms with van der Waals surface area (Å²) in [5.74, 6) is 0.236. The maximum atomic E-state index is 12.8. The Labute approximate surface area is 167 Å². The van der Waals surface area contributed by atoms with Crippen LogP contribution in [0.25, 0.3) is 0 Å². The Hall–Kier alpha value is -2.82. The Morgan fingerprint density at radius 3 is 2.32 bits per heavy atom. The fourth-order valence-electron chi connectivity index (χ4n) is 2.76. The predicted octanol–water partition coefficient (Wildman–Crippen LogP) is 3.97. The Balaban J connectivity index is 2.05. The molecule has 0 aliphatic carbocycles. The van der Waals surface area contributed by atoms with Crippen LogP contribution in [-0.4, -0.2) is 36.5 Å². The van der Waals surface area contributed by atoms with Crippen LogP contribution >= 0.6 is 0 Å². The second-order valence-electron chi connectivity index (χ2n) is 6.91. The lowest BCUT2D eigenvalue weighted by molar-refractivity contribution is -0.144. The van der Waals surface area contributed by atoms with E-state index in [1.807, 2.05) is 63.2 Å². The minimum absolute atomic E-state index is 0.0705. The van der Waals surface area contributed by atoms with Gasteiger partial charge in [0.05, 0.1) is 13.0 Å². The van der Waals surface area contributed by atoms with Crippen LogP contribution in [0.5, 0.6) is 5.75 Å². The number of esters is 1. The molecule has 0 spiro atoms. The molecule has 2 aromatic carbocycles. The molecule has 2 aromatic rings. The number of nitrogens with zero attached hydrogens (tertiary/aromatic N) is 1. The molecule has 0 aromatic heterocycles. The highest BCUT2D eigenvalue weighted by atomic mass is 16.5. The fourth-order valence-corrected chi connectivity index (χ4v) is 2.76. The van der Waals surface area contributed by atoms with Crippen molar-refractivity contribution in [1.29, 1.82) is 0 Å². The number of benzene rings is 2. The minimum Gasteiger partial charge on any atom is -0.483 e. The molecule has 0 aliphatic rings. The number of carbonyl (C=O) groups excluding carboxylic acids is 2. The minimum atomic E-state index is -0.306. The number of hydrogen-bond donors (Lipinski definition) is 0. The molecule has 0 unspecified atom stereocenters. The van der Waals surface area contributed by atoms with E-state index >= 15 is 0 Å². The van der Waals surface area contributed by atoms with Crippen LogP contribution in [0.1, 0.15) is 35.6 Å². The van der Waals surface area contributed by atoms with Crippen LogP contribution in [0.2, 0.25) is 0 Å². The first-order valence-corrected chi connectivity index (χ1v) is 9.58. The third-order valence-electron chi connectivity index (χ3n) is 4.43. The Morgan fingerprint density at radius 2 is 1.64 bits per heavy atom. The molecule has 5 nitrogen and oxygen atoms in total. The molecule has 0 heterocycles. The van der Waals surface area contributed by atoms with Crippen LogP contribution < -0.4 is 4.74 Å². The van der Waals surface area contributed by atoms with E-state index in [-0.39, 0.29) is 24.9 Å². The summed E-state index contributed by atoms with van der Waals surface area (Å²) >= 11 is 0. The van der Waals surface area contributed by atoms with E-state index in [0.717, 1.165) is 22.3 Å². The Kier molecular flexibility index (Phi) is 8.05. The van der Waals surface area contributed by atoms with Gasteiger partial charge in [-0.3, -0.25) is 9.59 Å². The highest BCUT2D eigenvalue weighted by Crippen LogP contribution is 2.19. The van der Waals surface area contributed by atoms with Crippen LogP contribution in [0, 0.1) is 20.8 Å². The van der Waals surface area contributed by atoms with Crippen molar-refractivity contribution in [2.24, 2.45) is 0 Å². The van der Waals surface area contributed by atoms with E-state index < -0.39 is 0 Å². The summed E-state index contributed by atoms with van der Waals surface area (Å²) in [6, 6.07) is 13.9. The summed E-state index contributed by atoms with van der Waals surface area (Å²) in [4.78, 5) is 26.2. The molecule has 1 amide bonds. The number of rotatable bonds is 9. The van der Waals surface area contributed by atoms with Gasteiger partial charge in [-0.05, 0) is 50.5 Å². The molecular formula is C23H29NO4. The number of aryl methyl sites for hydroxylation is 3. The first kappa shape index (κ1) is 21.5. The summed E-state index contributed by atoms with van der Waals surface area (Å²) in [5.41, 5.74) is 4.22. The van der Waals surface area contributed by atoms with Crippen LogP contribution in [0.15, 0.2) is 42.5 Å². The van der Waals surface area contributed by atoms with Crippen molar-refractivity contribution in [2.75, 3.05) is 19.8 Å². The molecule has 0 N–H and O–H groups in total. The Morgan fingerprint density at radius 1 is 0.964 bits per heavy atom. The maximum absolute atomic E-state index is 12.8. The third kappa shape index (κ3) is 6.72. The lowest BCUT2D eigenvalue weighted by Crippen LogP contribution is -2.36. The van der Waals surface area contributed by atoms with Gasteiger partial charge in [-0.15, -0.1) is 0 Å². The van der Waals surface area contributed by atoms with Gasteiger partial charge in [0.25, 0.3) is 5.91 Å². The normalized spacial score (nSPS) is 10.4. The predicted molar refractivity (Wildman–Crippen MR) is 109 cm³/mol. The summed E-state index contributed by atoms with van der Waals surface area (Å²) in [5, 5.41) is 0.